The van der Waals surface area contributed by atoms with Gasteiger partial charge in [-0.3, -0.25) is 4.79 Å². The van der Waals surface area contributed by atoms with E-state index in [4.69, 9.17) is 4.74 Å². The van der Waals surface area contributed by atoms with Crippen molar-refractivity contribution in [3.63, 3.8) is 0 Å². The largest absolute Gasteiger partial charge is 0.481 e. The fourth-order valence-electron chi connectivity index (χ4n) is 2.89. The third-order valence-electron chi connectivity index (χ3n) is 4.28. The number of hydrogen-bond donors (Lipinski definition) is 0. The van der Waals surface area contributed by atoms with Gasteiger partial charge in [0.15, 0.2) is 6.10 Å². The van der Waals surface area contributed by atoms with E-state index < -0.39 is 6.10 Å². The molecule has 0 aromatic heterocycles. The number of carbonyl (C=O) groups excluding carboxylic acids is 1. The molecule has 0 saturated heterocycles. The quantitative estimate of drug-likeness (QED) is 0.657. The third-order valence-corrected chi connectivity index (χ3v) is 4.28. The van der Waals surface area contributed by atoms with Gasteiger partial charge in [-0.2, -0.15) is 0 Å². The normalized spacial score (nSPS) is 11.9. The molecular weight excluding hydrogens is 310 g/mol. The molecular formula is C22H23NO2. The predicted molar refractivity (Wildman–Crippen MR) is 102 cm³/mol. The van der Waals surface area contributed by atoms with Crippen molar-refractivity contribution in [3.05, 3.63) is 78.4 Å². The molecule has 0 heterocycles. The lowest BCUT2D eigenvalue weighted by atomic mass is 10.1. The molecule has 0 bridgehead atoms. The lowest BCUT2D eigenvalue weighted by molar-refractivity contribution is -0.138. The number of carbonyl (C=O) groups is 1. The predicted octanol–water partition coefficient (Wildman–Crippen LogP) is 4.66. The van der Waals surface area contributed by atoms with Gasteiger partial charge in [-0.1, -0.05) is 67.6 Å². The van der Waals surface area contributed by atoms with E-state index in [1.165, 1.54) is 0 Å². The Kier molecular flexibility index (Phi) is 5.34. The van der Waals surface area contributed by atoms with E-state index in [0.717, 1.165) is 22.1 Å². The van der Waals surface area contributed by atoms with Gasteiger partial charge in [-0.15, -0.1) is 0 Å². The van der Waals surface area contributed by atoms with Crippen molar-refractivity contribution >= 4 is 16.7 Å². The second-order valence-corrected chi connectivity index (χ2v) is 6.20. The van der Waals surface area contributed by atoms with E-state index in [-0.39, 0.29) is 5.91 Å². The molecule has 3 rings (SSSR count). The molecule has 0 fully saturated rings. The highest BCUT2D eigenvalue weighted by Gasteiger charge is 2.22. The van der Waals surface area contributed by atoms with Crippen molar-refractivity contribution < 1.29 is 9.53 Å². The van der Waals surface area contributed by atoms with Crippen LogP contribution in [-0.4, -0.2) is 24.0 Å². The maximum Gasteiger partial charge on any atom is 0.263 e. The number of hydrogen-bond acceptors (Lipinski definition) is 2. The Hall–Kier alpha value is -2.81. The molecule has 0 spiro atoms. The van der Waals surface area contributed by atoms with Gasteiger partial charge in [-0.25, -0.2) is 0 Å². The van der Waals surface area contributed by atoms with Crippen molar-refractivity contribution in [1.82, 2.24) is 4.90 Å². The van der Waals surface area contributed by atoms with Crippen molar-refractivity contribution in [2.24, 2.45) is 0 Å². The summed E-state index contributed by atoms with van der Waals surface area (Å²) in [4.78, 5) is 14.5. The van der Waals surface area contributed by atoms with Gasteiger partial charge in [0.2, 0.25) is 0 Å². The fraction of sp³-hybridized carbons (Fsp3) is 0.227. The molecule has 128 valence electrons. The first-order valence-corrected chi connectivity index (χ1v) is 8.61. The summed E-state index contributed by atoms with van der Waals surface area (Å²) < 4.78 is 6.00. The minimum atomic E-state index is -0.477. The fourth-order valence-corrected chi connectivity index (χ4v) is 2.89. The van der Waals surface area contributed by atoms with Crippen LogP contribution in [0.3, 0.4) is 0 Å². The van der Waals surface area contributed by atoms with Crippen LogP contribution in [0.1, 0.15) is 18.9 Å². The molecule has 0 N–H and O–H groups in total. The SMILES string of the molecule is CCC(Oc1ccc2ccccc2c1)C(=O)N(C)Cc1ccccc1. The molecule has 0 aliphatic heterocycles. The van der Waals surface area contributed by atoms with Gasteiger partial charge >= 0.3 is 0 Å². The smallest absolute Gasteiger partial charge is 0.263 e. The van der Waals surface area contributed by atoms with Gasteiger partial charge in [0.1, 0.15) is 5.75 Å². The summed E-state index contributed by atoms with van der Waals surface area (Å²) >= 11 is 0. The van der Waals surface area contributed by atoms with Crippen LogP contribution in [0.5, 0.6) is 5.75 Å². The number of likely N-dealkylation sites (N-methyl/N-ethyl adjacent to an activating group) is 1. The Morgan fingerprint density at radius 3 is 2.36 bits per heavy atom. The summed E-state index contributed by atoms with van der Waals surface area (Å²) in [5, 5.41) is 2.27. The number of benzene rings is 3. The Morgan fingerprint density at radius 1 is 0.960 bits per heavy atom. The Bertz CT molecular complexity index is 845. The highest BCUT2D eigenvalue weighted by molar-refractivity contribution is 5.84. The van der Waals surface area contributed by atoms with Crippen LogP contribution >= 0.6 is 0 Å². The second kappa shape index (κ2) is 7.84. The standard InChI is InChI=1S/C22H23NO2/c1-3-21(22(24)23(2)16-17-9-5-4-6-10-17)25-20-14-13-18-11-7-8-12-19(18)15-20/h4-15,21H,3,16H2,1-2H3. The molecule has 0 radical (unpaired) electrons. The zero-order chi connectivity index (χ0) is 17.6. The summed E-state index contributed by atoms with van der Waals surface area (Å²) in [6.45, 7) is 2.55. The Labute approximate surface area is 148 Å². The lowest BCUT2D eigenvalue weighted by Crippen LogP contribution is -2.39. The van der Waals surface area contributed by atoms with Gasteiger partial charge < -0.3 is 9.64 Å². The summed E-state index contributed by atoms with van der Waals surface area (Å²) in [7, 11) is 1.82. The average molecular weight is 333 g/mol. The van der Waals surface area contributed by atoms with Crippen LogP contribution in [-0.2, 0) is 11.3 Å². The summed E-state index contributed by atoms with van der Waals surface area (Å²) in [6.07, 6.45) is 0.153. The van der Waals surface area contributed by atoms with Crippen molar-refractivity contribution in [2.45, 2.75) is 26.0 Å². The molecule has 1 amide bonds. The molecule has 0 saturated carbocycles. The van der Waals surface area contributed by atoms with E-state index in [1.807, 2.05) is 80.7 Å². The van der Waals surface area contributed by atoms with E-state index in [9.17, 15) is 4.79 Å². The Morgan fingerprint density at radius 2 is 1.64 bits per heavy atom. The first kappa shape index (κ1) is 17.0. The van der Waals surface area contributed by atoms with Gasteiger partial charge in [0.05, 0.1) is 0 Å². The zero-order valence-corrected chi connectivity index (χ0v) is 14.7. The van der Waals surface area contributed by atoms with Crippen LogP contribution in [0.15, 0.2) is 72.8 Å². The molecule has 0 aliphatic rings. The van der Waals surface area contributed by atoms with Gasteiger partial charge in [-0.05, 0) is 34.9 Å². The first-order chi connectivity index (χ1) is 12.2. The van der Waals surface area contributed by atoms with Gasteiger partial charge in [0, 0.05) is 13.6 Å². The van der Waals surface area contributed by atoms with Crippen LogP contribution in [0, 0.1) is 0 Å². The number of amides is 1. The van der Waals surface area contributed by atoms with Crippen molar-refractivity contribution in [3.8, 4) is 5.75 Å². The monoisotopic (exact) mass is 333 g/mol. The molecule has 0 aliphatic carbocycles. The Balaban J connectivity index is 1.70. The average Bonchev–Trinajstić information content (AvgIpc) is 2.66. The van der Waals surface area contributed by atoms with Crippen molar-refractivity contribution in [2.75, 3.05) is 7.05 Å². The maximum atomic E-state index is 12.7. The highest BCUT2D eigenvalue weighted by atomic mass is 16.5. The van der Waals surface area contributed by atoms with E-state index in [0.29, 0.717) is 13.0 Å². The molecule has 3 nitrogen and oxygen atoms in total. The molecule has 1 unspecified atom stereocenters. The molecule has 25 heavy (non-hydrogen) atoms. The molecule has 3 aromatic rings. The highest BCUT2D eigenvalue weighted by Crippen LogP contribution is 2.22. The molecule has 1 atom stereocenters. The topological polar surface area (TPSA) is 29.5 Å². The van der Waals surface area contributed by atoms with Crippen LogP contribution in [0.2, 0.25) is 0 Å². The van der Waals surface area contributed by atoms with E-state index in [2.05, 4.69) is 6.07 Å². The summed E-state index contributed by atoms with van der Waals surface area (Å²) in [5.74, 6) is 0.728. The van der Waals surface area contributed by atoms with E-state index >= 15 is 0 Å². The number of nitrogens with zero attached hydrogens (tertiary/aromatic N) is 1. The minimum absolute atomic E-state index is 0.000452. The summed E-state index contributed by atoms with van der Waals surface area (Å²) in [5.41, 5.74) is 1.11. The lowest BCUT2D eigenvalue weighted by Gasteiger charge is -2.24. The van der Waals surface area contributed by atoms with E-state index in [1.54, 1.807) is 4.90 Å². The second-order valence-electron chi connectivity index (χ2n) is 6.20. The number of ether oxygens (including phenoxy) is 1. The van der Waals surface area contributed by atoms with Crippen LogP contribution in [0.25, 0.3) is 10.8 Å². The van der Waals surface area contributed by atoms with Crippen molar-refractivity contribution in [1.29, 1.82) is 0 Å². The van der Waals surface area contributed by atoms with Crippen LogP contribution in [0.4, 0.5) is 0 Å². The van der Waals surface area contributed by atoms with Crippen LogP contribution < -0.4 is 4.74 Å². The minimum Gasteiger partial charge on any atom is -0.481 e. The third kappa shape index (κ3) is 4.18. The first-order valence-electron chi connectivity index (χ1n) is 8.61. The zero-order valence-electron chi connectivity index (χ0n) is 14.7. The summed E-state index contributed by atoms with van der Waals surface area (Å²) in [6, 6.07) is 24.1. The number of fused-ring (bicyclic) bond motifs is 1. The molecule has 3 heteroatoms. The maximum absolute atomic E-state index is 12.7. The van der Waals surface area contributed by atoms with Gasteiger partial charge in [0.25, 0.3) is 5.91 Å². The molecule has 3 aromatic carbocycles. The number of rotatable bonds is 6.